The average Bonchev–Trinajstić information content (AvgIpc) is 2.44. The van der Waals surface area contributed by atoms with Gasteiger partial charge in [-0.05, 0) is 18.4 Å². The summed E-state index contributed by atoms with van der Waals surface area (Å²) in [6, 6.07) is 8.89. The second-order valence-electron chi connectivity index (χ2n) is 5.36. The van der Waals surface area contributed by atoms with E-state index in [1.165, 1.54) is 0 Å². The molecule has 1 aromatic rings. The Morgan fingerprint density at radius 3 is 2.25 bits per heavy atom. The molecular formula is C16H23NO3. The summed E-state index contributed by atoms with van der Waals surface area (Å²) in [5.41, 5.74) is 0.914. The summed E-state index contributed by atoms with van der Waals surface area (Å²) in [6.07, 6.45) is -0.564. The molecule has 0 saturated carbocycles. The van der Waals surface area contributed by atoms with Crippen LogP contribution in [0.15, 0.2) is 30.3 Å². The number of alkyl carbamates (subject to hydrolysis) is 1. The Morgan fingerprint density at radius 1 is 1.10 bits per heavy atom. The topological polar surface area (TPSA) is 55.4 Å². The van der Waals surface area contributed by atoms with Gasteiger partial charge < -0.3 is 10.1 Å². The molecule has 20 heavy (non-hydrogen) atoms. The van der Waals surface area contributed by atoms with Crippen LogP contribution in [0.3, 0.4) is 0 Å². The van der Waals surface area contributed by atoms with Gasteiger partial charge in [0.2, 0.25) is 0 Å². The predicted molar refractivity (Wildman–Crippen MR) is 78.2 cm³/mol. The highest BCUT2D eigenvalue weighted by molar-refractivity contribution is 5.88. The fourth-order valence-electron chi connectivity index (χ4n) is 1.74. The van der Waals surface area contributed by atoms with Gasteiger partial charge in [0.05, 0.1) is 6.04 Å². The van der Waals surface area contributed by atoms with Crippen molar-refractivity contribution in [2.75, 3.05) is 0 Å². The summed E-state index contributed by atoms with van der Waals surface area (Å²) in [4.78, 5) is 23.7. The predicted octanol–water partition coefficient (Wildman–Crippen LogP) is 3.16. The molecule has 0 saturated heterocycles. The highest BCUT2D eigenvalue weighted by Crippen LogP contribution is 2.12. The molecule has 1 rings (SSSR count). The highest BCUT2D eigenvalue weighted by atomic mass is 16.5. The maximum absolute atomic E-state index is 12.0. The number of ether oxygens (including phenoxy) is 1. The minimum absolute atomic E-state index is 0.0247. The van der Waals surface area contributed by atoms with Gasteiger partial charge in [-0.3, -0.25) is 4.79 Å². The molecule has 0 aliphatic carbocycles. The zero-order valence-corrected chi connectivity index (χ0v) is 12.6. The molecular weight excluding hydrogens is 254 g/mol. The van der Waals surface area contributed by atoms with E-state index in [1.807, 2.05) is 51.1 Å². The Bertz CT molecular complexity index is 442. The Kier molecular flexibility index (Phi) is 6.22. The number of ketones is 1. The molecule has 0 radical (unpaired) electrons. The maximum Gasteiger partial charge on any atom is 0.408 e. The Labute approximate surface area is 120 Å². The first-order valence-electron chi connectivity index (χ1n) is 6.92. The van der Waals surface area contributed by atoms with E-state index in [-0.39, 0.29) is 24.2 Å². The third-order valence-electron chi connectivity index (χ3n) is 3.42. The van der Waals surface area contributed by atoms with E-state index < -0.39 is 12.1 Å². The van der Waals surface area contributed by atoms with Crippen molar-refractivity contribution in [2.24, 2.45) is 11.8 Å². The van der Waals surface area contributed by atoms with Crippen LogP contribution >= 0.6 is 0 Å². The zero-order chi connectivity index (χ0) is 15.1. The lowest BCUT2D eigenvalue weighted by atomic mass is 9.90. The summed E-state index contributed by atoms with van der Waals surface area (Å²) in [5, 5.41) is 2.57. The van der Waals surface area contributed by atoms with Gasteiger partial charge in [0, 0.05) is 5.92 Å². The summed E-state index contributed by atoms with van der Waals surface area (Å²) in [6.45, 7) is 7.74. The smallest absolute Gasteiger partial charge is 0.408 e. The molecule has 0 bridgehead atoms. The third kappa shape index (κ3) is 5.03. The van der Waals surface area contributed by atoms with Gasteiger partial charge in [-0.1, -0.05) is 51.1 Å². The number of hydrogen-bond acceptors (Lipinski definition) is 3. The second-order valence-corrected chi connectivity index (χ2v) is 5.36. The number of rotatable bonds is 6. The van der Waals surface area contributed by atoms with E-state index in [0.717, 1.165) is 5.56 Å². The first-order valence-corrected chi connectivity index (χ1v) is 6.92. The largest absolute Gasteiger partial charge is 0.445 e. The van der Waals surface area contributed by atoms with Crippen molar-refractivity contribution in [3.8, 4) is 0 Å². The normalized spacial score (nSPS) is 13.7. The second kappa shape index (κ2) is 7.68. The number of carbonyl (C=O) groups is 2. The Morgan fingerprint density at radius 2 is 1.70 bits per heavy atom. The monoisotopic (exact) mass is 277 g/mol. The zero-order valence-electron chi connectivity index (χ0n) is 12.6. The Hall–Kier alpha value is -1.84. The number of carbonyl (C=O) groups excluding carboxylic acids is 2. The standard InChI is InChI=1S/C16H23NO3/c1-11(2)12(3)15(18)13(4)17-16(19)20-10-14-8-6-5-7-9-14/h5-9,11-13H,10H2,1-4H3,(H,17,19). The lowest BCUT2D eigenvalue weighted by molar-refractivity contribution is -0.125. The van der Waals surface area contributed by atoms with Crippen LogP contribution in [0.4, 0.5) is 4.79 Å². The summed E-state index contributed by atoms with van der Waals surface area (Å²) >= 11 is 0. The number of amides is 1. The maximum atomic E-state index is 12.0. The minimum Gasteiger partial charge on any atom is -0.445 e. The molecule has 4 heteroatoms. The SMILES string of the molecule is CC(NC(=O)OCc1ccccc1)C(=O)C(C)C(C)C. The van der Waals surface area contributed by atoms with Gasteiger partial charge in [-0.2, -0.15) is 0 Å². The fraction of sp³-hybridized carbons (Fsp3) is 0.500. The molecule has 1 N–H and O–H groups in total. The molecule has 1 aromatic carbocycles. The van der Waals surface area contributed by atoms with E-state index in [0.29, 0.717) is 0 Å². The van der Waals surface area contributed by atoms with Gasteiger partial charge in [0.1, 0.15) is 6.61 Å². The van der Waals surface area contributed by atoms with E-state index in [2.05, 4.69) is 5.32 Å². The quantitative estimate of drug-likeness (QED) is 0.869. The van der Waals surface area contributed by atoms with Crippen molar-refractivity contribution in [1.82, 2.24) is 5.32 Å². The Balaban J connectivity index is 2.40. The average molecular weight is 277 g/mol. The van der Waals surface area contributed by atoms with Crippen molar-refractivity contribution in [3.05, 3.63) is 35.9 Å². The molecule has 110 valence electrons. The van der Waals surface area contributed by atoms with Gasteiger partial charge in [-0.15, -0.1) is 0 Å². The molecule has 0 heterocycles. The van der Waals surface area contributed by atoms with Gasteiger partial charge in [-0.25, -0.2) is 4.79 Å². The fourth-order valence-corrected chi connectivity index (χ4v) is 1.74. The number of hydrogen-bond donors (Lipinski definition) is 1. The van der Waals surface area contributed by atoms with Crippen molar-refractivity contribution in [1.29, 1.82) is 0 Å². The first-order chi connectivity index (χ1) is 9.41. The summed E-state index contributed by atoms with van der Waals surface area (Å²) in [7, 11) is 0. The highest BCUT2D eigenvalue weighted by Gasteiger charge is 2.24. The molecule has 1 amide bonds. The van der Waals surface area contributed by atoms with Gasteiger partial charge in [0.25, 0.3) is 0 Å². The minimum atomic E-state index is -0.564. The van der Waals surface area contributed by atoms with Gasteiger partial charge in [0.15, 0.2) is 5.78 Å². The van der Waals surface area contributed by atoms with Crippen LogP contribution < -0.4 is 5.32 Å². The van der Waals surface area contributed by atoms with E-state index in [1.54, 1.807) is 6.92 Å². The van der Waals surface area contributed by atoms with Crippen molar-refractivity contribution in [2.45, 2.75) is 40.3 Å². The lowest BCUT2D eigenvalue weighted by Gasteiger charge is -2.19. The molecule has 0 aliphatic rings. The van der Waals surface area contributed by atoms with Crippen LogP contribution in [0.2, 0.25) is 0 Å². The molecule has 2 unspecified atom stereocenters. The molecule has 0 spiro atoms. The molecule has 2 atom stereocenters. The first kappa shape index (κ1) is 16.2. The third-order valence-corrected chi connectivity index (χ3v) is 3.42. The van der Waals surface area contributed by atoms with Crippen molar-refractivity contribution >= 4 is 11.9 Å². The van der Waals surface area contributed by atoms with Crippen LogP contribution in [0.5, 0.6) is 0 Å². The number of benzene rings is 1. The molecule has 0 fully saturated rings. The van der Waals surface area contributed by atoms with E-state index in [4.69, 9.17) is 4.74 Å². The number of nitrogens with one attached hydrogen (secondary N) is 1. The van der Waals surface area contributed by atoms with E-state index >= 15 is 0 Å². The van der Waals surface area contributed by atoms with Crippen molar-refractivity contribution < 1.29 is 14.3 Å². The number of Topliss-reactive ketones (excluding diaryl/α,β-unsaturated/α-hetero) is 1. The van der Waals surface area contributed by atoms with Crippen LogP contribution in [0.1, 0.15) is 33.3 Å². The van der Waals surface area contributed by atoms with Crippen LogP contribution in [-0.4, -0.2) is 17.9 Å². The summed E-state index contributed by atoms with van der Waals surface area (Å²) < 4.78 is 5.09. The molecule has 0 aliphatic heterocycles. The van der Waals surface area contributed by atoms with Crippen LogP contribution in [-0.2, 0) is 16.1 Å². The van der Waals surface area contributed by atoms with Crippen molar-refractivity contribution in [3.63, 3.8) is 0 Å². The van der Waals surface area contributed by atoms with Gasteiger partial charge >= 0.3 is 6.09 Å². The lowest BCUT2D eigenvalue weighted by Crippen LogP contribution is -2.42. The van der Waals surface area contributed by atoms with Crippen LogP contribution in [0.25, 0.3) is 0 Å². The molecule has 0 aromatic heterocycles. The van der Waals surface area contributed by atoms with E-state index in [9.17, 15) is 9.59 Å². The molecule has 4 nitrogen and oxygen atoms in total. The summed E-state index contributed by atoms with van der Waals surface area (Å²) in [5.74, 6) is 0.197. The van der Waals surface area contributed by atoms with Crippen LogP contribution in [0, 0.1) is 11.8 Å².